The van der Waals surface area contributed by atoms with Gasteiger partial charge in [0.1, 0.15) is 17.3 Å². The summed E-state index contributed by atoms with van der Waals surface area (Å²) in [5, 5.41) is 2.76. The van der Waals surface area contributed by atoms with E-state index in [0.717, 1.165) is 17.1 Å². The summed E-state index contributed by atoms with van der Waals surface area (Å²) in [6.45, 7) is 3.99. The van der Waals surface area contributed by atoms with Crippen LogP contribution in [0.5, 0.6) is 5.75 Å². The Bertz CT molecular complexity index is 513. The van der Waals surface area contributed by atoms with E-state index in [-0.39, 0.29) is 11.8 Å². The van der Waals surface area contributed by atoms with Crippen molar-refractivity contribution in [3.8, 4) is 5.75 Å². The van der Waals surface area contributed by atoms with Gasteiger partial charge in [-0.1, -0.05) is 26.0 Å². The van der Waals surface area contributed by atoms with E-state index in [1.807, 2.05) is 38.1 Å². The number of methoxy groups -OCH3 is 1. The Balaban J connectivity index is 2.24. The van der Waals surface area contributed by atoms with Gasteiger partial charge in [0.25, 0.3) is 5.91 Å². The second-order valence-electron chi connectivity index (χ2n) is 4.41. The number of benzene rings is 1. The molecule has 0 spiro atoms. The van der Waals surface area contributed by atoms with Gasteiger partial charge in [0.2, 0.25) is 0 Å². The molecule has 0 aromatic heterocycles. The van der Waals surface area contributed by atoms with E-state index >= 15 is 0 Å². The van der Waals surface area contributed by atoms with E-state index < -0.39 is 0 Å². The molecular weight excluding hydrogens is 228 g/mol. The maximum atomic E-state index is 11.7. The van der Waals surface area contributed by atoms with Crippen LogP contribution in [0.4, 0.5) is 0 Å². The minimum Gasteiger partial charge on any atom is -0.497 e. The van der Waals surface area contributed by atoms with Crippen molar-refractivity contribution in [2.24, 2.45) is 10.9 Å². The van der Waals surface area contributed by atoms with Crippen molar-refractivity contribution < 1.29 is 9.53 Å². The van der Waals surface area contributed by atoms with Gasteiger partial charge in [-0.3, -0.25) is 4.79 Å². The maximum absolute atomic E-state index is 11.7. The summed E-state index contributed by atoms with van der Waals surface area (Å²) in [6, 6.07) is 7.49. The monoisotopic (exact) mass is 244 g/mol. The lowest BCUT2D eigenvalue weighted by Crippen LogP contribution is -2.27. The SMILES string of the molecule is COc1ccc(/C=C2/N=C(C(C)C)NC2=O)cc1. The molecule has 4 nitrogen and oxygen atoms in total. The molecule has 0 radical (unpaired) electrons. The largest absolute Gasteiger partial charge is 0.497 e. The summed E-state index contributed by atoms with van der Waals surface area (Å²) in [5.74, 6) is 1.59. The van der Waals surface area contributed by atoms with E-state index in [0.29, 0.717) is 5.70 Å². The van der Waals surface area contributed by atoms with Crippen LogP contribution in [0.1, 0.15) is 19.4 Å². The van der Waals surface area contributed by atoms with Crippen molar-refractivity contribution in [2.75, 3.05) is 7.11 Å². The Morgan fingerprint density at radius 2 is 1.94 bits per heavy atom. The molecule has 0 saturated carbocycles. The molecular formula is C14H16N2O2. The Morgan fingerprint density at radius 1 is 1.28 bits per heavy atom. The van der Waals surface area contributed by atoms with Gasteiger partial charge in [-0.05, 0) is 23.8 Å². The summed E-state index contributed by atoms with van der Waals surface area (Å²) in [5.41, 5.74) is 1.37. The number of nitrogens with zero attached hydrogens (tertiary/aromatic N) is 1. The van der Waals surface area contributed by atoms with Crippen LogP contribution < -0.4 is 10.1 Å². The van der Waals surface area contributed by atoms with Gasteiger partial charge in [0.05, 0.1) is 7.11 Å². The Morgan fingerprint density at radius 3 is 2.44 bits per heavy atom. The highest BCUT2D eigenvalue weighted by Gasteiger charge is 2.21. The maximum Gasteiger partial charge on any atom is 0.275 e. The number of carbonyl (C=O) groups excluding carboxylic acids is 1. The molecule has 1 N–H and O–H groups in total. The van der Waals surface area contributed by atoms with Crippen LogP contribution in [0.3, 0.4) is 0 Å². The molecule has 1 aromatic carbocycles. The number of hydrogen-bond acceptors (Lipinski definition) is 3. The molecule has 1 amide bonds. The van der Waals surface area contributed by atoms with Crippen LogP contribution in [-0.2, 0) is 4.79 Å². The second kappa shape index (κ2) is 5.04. The molecule has 0 unspecified atom stereocenters. The van der Waals surface area contributed by atoms with E-state index in [9.17, 15) is 4.79 Å². The number of rotatable bonds is 3. The molecule has 1 aromatic rings. The minimum atomic E-state index is -0.144. The van der Waals surface area contributed by atoms with Crippen LogP contribution in [0.15, 0.2) is 35.0 Å². The van der Waals surface area contributed by atoms with E-state index in [4.69, 9.17) is 4.74 Å². The molecule has 2 rings (SSSR count). The Kier molecular flexibility index (Phi) is 3.46. The van der Waals surface area contributed by atoms with Gasteiger partial charge < -0.3 is 10.1 Å². The summed E-state index contributed by atoms with van der Waals surface area (Å²) < 4.78 is 5.08. The molecule has 18 heavy (non-hydrogen) atoms. The van der Waals surface area contributed by atoms with Crippen molar-refractivity contribution in [1.82, 2.24) is 5.32 Å². The Hall–Kier alpha value is -2.10. The van der Waals surface area contributed by atoms with Crippen molar-refractivity contribution in [3.05, 3.63) is 35.5 Å². The molecule has 1 aliphatic rings. The van der Waals surface area contributed by atoms with Gasteiger partial charge in [0, 0.05) is 5.92 Å². The van der Waals surface area contributed by atoms with Crippen molar-refractivity contribution in [2.45, 2.75) is 13.8 Å². The fraction of sp³-hybridized carbons (Fsp3) is 0.286. The van der Waals surface area contributed by atoms with Crippen LogP contribution >= 0.6 is 0 Å². The third-order valence-corrected chi connectivity index (χ3v) is 2.68. The van der Waals surface area contributed by atoms with E-state index in [1.165, 1.54) is 0 Å². The molecule has 0 aliphatic carbocycles. The normalized spacial score (nSPS) is 17.0. The average Bonchev–Trinajstić information content (AvgIpc) is 2.72. The summed E-state index contributed by atoms with van der Waals surface area (Å²) >= 11 is 0. The van der Waals surface area contributed by atoms with Gasteiger partial charge in [-0.25, -0.2) is 4.99 Å². The fourth-order valence-electron chi connectivity index (χ4n) is 1.62. The lowest BCUT2D eigenvalue weighted by atomic mass is 10.2. The summed E-state index contributed by atoms with van der Waals surface area (Å²) in [4.78, 5) is 16.0. The third-order valence-electron chi connectivity index (χ3n) is 2.68. The molecule has 0 saturated heterocycles. The first-order chi connectivity index (χ1) is 8.60. The van der Waals surface area contributed by atoms with Gasteiger partial charge in [0.15, 0.2) is 0 Å². The number of hydrogen-bond donors (Lipinski definition) is 1. The zero-order valence-electron chi connectivity index (χ0n) is 10.7. The number of amides is 1. The van der Waals surface area contributed by atoms with E-state index in [2.05, 4.69) is 10.3 Å². The number of carbonyl (C=O) groups is 1. The fourth-order valence-corrected chi connectivity index (χ4v) is 1.62. The highest BCUT2D eigenvalue weighted by atomic mass is 16.5. The van der Waals surface area contributed by atoms with Crippen LogP contribution in [0.25, 0.3) is 6.08 Å². The van der Waals surface area contributed by atoms with Crippen molar-refractivity contribution in [3.63, 3.8) is 0 Å². The zero-order chi connectivity index (χ0) is 13.1. The van der Waals surface area contributed by atoms with Gasteiger partial charge >= 0.3 is 0 Å². The number of nitrogens with one attached hydrogen (secondary N) is 1. The zero-order valence-corrected chi connectivity index (χ0v) is 10.7. The van der Waals surface area contributed by atoms with Crippen LogP contribution in [0, 0.1) is 5.92 Å². The Labute approximate surface area is 106 Å². The number of ether oxygens (including phenoxy) is 1. The second-order valence-corrected chi connectivity index (χ2v) is 4.41. The predicted molar refractivity (Wildman–Crippen MR) is 71.4 cm³/mol. The van der Waals surface area contributed by atoms with Crippen molar-refractivity contribution in [1.29, 1.82) is 0 Å². The predicted octanol–water partition coefficient (Wildman–Crippen LogP) is 2.22. The lowest BCUT2D eigenvalue weighted by Gasteiger charge is -2.01. The van der Waals surface area contributed by atoms with Gasteiger partial charge in [-0.15, -0.1) is 0 Å². The first kappa shape index (κ1) is 12.4. The molecule has 1 heterocycles. The van der Waals surface area contributed by atoms with Crippen LogP contribution in [0.2, 0.25) is 0 Å². The topological polar surface area (TPSA) is 50.7 Å². The molecule has 0 fully saturated rings. The molecule has 0 atom stereocenters. The highest BCUT2D eigenvalue weighted by molar-refractivity contribution is 6.14. The summed E-state index contributed by atoms with van der Waals surface area (Å²) in [6.07, 6.45) is 1.77. The molecule has 94 valence electrons. The average molecular weight is 244 g/mol. The molecule has 0 bridgehead atoms. The first-order valence-corrected chi connectivity index (χ1v) is 5.86. The smallest absolute Gasteiger partial charge is 0.275 e. The summed E-state index contributed by atoms with van der Waals surface area (Å²) in [7, 11) is 1.62. The van der Waals surface area contributed by atoms with Gasteiger partial charge in [-0.2, -0.15) is 0 Å². The van der Waals surface area contributed by atoms with Crippen LogP contribution in [-0.4, -0.2) is 18.9 Å². The first-order valence-electron chi connectivity index (χ1n) is 5.86. The number of aliphatic imine (C=N–C) groups is 1. The van der Waals surface area contributed by atoms with E-state index in [1.54, 1.807) is 13.2 Å². The standard InChI is InChI=1S/C14H16N2O2/c1-9(2)13-15-12(14(17)16-13)8-10-4-6-11(18-3)7-5-10/h4-9H,1-3H3,(H,15,16,17)/b12-8+. The highest BCUT2D eigenvalue weighted by Crippen LogP contribution is 2.17. The quantitative estimate of drug-likeness (QED) is 0.829. The lowest BCUT2D eigenvalue weighted by molar-refractivity contribution is -0.115. The number of amidine groups is 1. The molecule has 4 heteroatoms. The van der Waals surface area contributed by atoms with Crippen molar-refractivity contribution >= 4 is 17.8 Å². The minimum absolute atomic E-state index is 0.144. The third kappa shape index (κ3) is 2.59. The molecule has 1 aliphatic heterocycles.